The van der Waals surface area contributed by atoms with E-state index in [1.165, 1.54) is 23.3 Å². The van der Waals surface area contributed by atoms with Crippen molar-refractivity contribution in [1.82, 2.24) is 0 Å². The second-order valence-electron chi connectivity index (χ2n) is 7.31. The van der Waals surface area contributed by atoms with Gasteiger partial charge in [0, 0.05) is 11.6 Å². The third-order valence-electron chi connectivity index (χ3n) is 5.55. The molecular formula is C22H26FNO. The van der Waals surface area contributed by atoms with Crippen LogP contribution in [0.3, 0.4) is 0 Å². The van der Waals surface area contributed by atoms with Gasteiger partial charge >= 0.3 is 0 Å². The fourth-order valence-corrected chi connectivity index (χ4v) is 3.79. The van der Waals surface area contributed by atoms with E-state index in [-0.39, 0.29) is 17.6 Å². The summed E-state index contributed by atoms with van der Waals surface area (Å²) in [5.74, 6) is 0.751. The molecule has 0 heterocycles. The van der Waals surface area contributed by atoms with E-state index < -0.39 is 0 Å². The number of carbonyl (C=O) groups excluding carboxylic acids is 1. The summed E-state index contributed by atoms with van der Waals surface area (Å²) in [7, 11) is 0. The average Bonchev–Trinajstić information content (AvgIpc) is 2.64. The number of aryl methyl sites for hydroxylation is 1. The van der Waals surface area contributed by atoms with Crippen LogP contribution in [0.1, 0.15) is 49.7 Å². The number of hydrogen-bond acceptors (Lipinski definition) is 1. The topological polar surface area (TPSA) is 29.1 Å². The Hall–Kier alpha value is -2.16. The van der Waals surface area contributed by atoms with Gasteiger partial charge in [-0.3, -0.25) is 4.79 Å². The smallest absolute Gasteiger partial charge is 0.227 e. The van der Waals surface area contributed by atoms with Crippen LogP contribution in [-0.2, 0) is 4.79 Å². The summed E-state index contributed by atoms with van der Waals surface area (Å²) in [5, 5.41) is 2.91. The van der Waals surface area contributed by atoms with Crippen molar-refractivity contribution >= 4 is 11.6 Å². The summed E-state index contributed by atoms with van der Waals surface area (Å²) in [4.78, 5) is 12.5. The molecule has 0 aliphatic heterocycles. The minimum Gasteiger partial charge on any atom is -0.326 e. The lowest BCUT2D eigenvalue weighted by Crippen LogP contribution is -2.29. The van der Waals surface area contributed by atoms with Crippen molar-refractivity contribution in [2.24, 2.45) is 11.8 Å². The summed E-state index contributed by atoms with van der Waals surface area (Å²) in [6.07, 6.45) is 4.44. The predicted octanol–water partition coefficient (Wildman–Crippen LogP) is 5.68. The number of rotatable bonds is 4. The minimum absolute atomic E-state index is 0.0241. The van der Waals surface area contributed by atoms with Crippen molar-refractivity contribution in [3.63, 3.8) is 0 Å². The molecular weight excluding hydrogens is 313 g/mol. The van der Waals surface area contributed by atoms with Crippen LogP contribution in [-0.4, -0.2) is 5.91 Å². The van der Waals surface area contributed by atoms with Gasteiger partial charge in [-0.05, 0) is 74.3 Å². The van der Waals surface area contributed by atoms with Crippen molar-refractivity contribution in [2.45, 2.75) is 45.4 Å². The third-order valence-corrected chi connectivity index (χ3v) is 5.55. The zero-order chi connectivity index (χ0) is 17.8. The maximum absolute atomic E-state index is 13.0. The Bertz CT molecular complexity index is 700. The molecule has 1 saturated carbocycles. The highest BCUT2D eigenvalue weighted by atomic mass is 19.1. The molecule has 0 bridgehead atoms. The van der Waals surface area contributed by atoms with E-state index in [1.807, 2.05) is 6.92 Å². The van der Waals surface area contributed by atoms with Gasteiger partial charge in [-0.1, -0.05) is 36.8 Å². The summed E-state index contributed by atoms with van der Waals surface area (Å²) >= 11 is 0. The van der Waals surface area contributed by atoms with E-state index in [1.54, 1.807) is 12.1 Å². The van der Waals surface area contributed by atoms with Crippen molar-refractivity contribution in [3.05, 3.63) is 65.5 Å². The van der Waals surface area contributed by atoms with Crippen LogP contribution in [0.25, 0.3) is 0 Å². The highest BCUT2D eigenvalue weighted by Gasteiger charge is 2.29. The Labute approximate surface area is 149 Å². The fourth-order valence-electron chi connectivity index (χ4n) is 3.79. The number of hydrogen-bond donors (Lipinski definition) is 1. The molecule has 2 aromatic rings. The largest absolute Gasteiger partial charge is 0.326 e. The highest BCUT2D eigenvalue weighted by molar-refractivity contribution is 5.92. The molecule has 0 saturated heterocycles. The second kappa shape index (κ2) is 7.81. The molecule has 3 rings (SSSR count). The molecule has 1 N–H and O–H groups in total. The lowest BCUT2D eigenvalue weighted by molar-refractivity contribution is -0.121. The number of benzene rings is 2. The molecule has 1 aliphatic rings. The van der Waals surface area contributed by atoms with Crippen LogP contribution in [0, 0.1) is 24.6 Å². The van der Waals surface area contributed by atoms with E-state index in [2.05, 4.69) is 36.5 Å². The van der Waals surface area contributed by atoms with Gasteiger partial charge in [0.1, 0.15) is 5.82 Å². The second-order valence-corrected chi connectivity index (χ2v) is 7.31. The van der Waals surface area contributed by atoms with Crippen molar-refractivity contribution in [1.29, 1.82) is 0 Å². The van der Waals surface area contributed by atoms with E-state index in [4.69, 9.17) is 0 Å². The Morgan fingerprint density at radius 2 is 1.60 bits per heavy atom. The first-order valence-electron chi connectivity index (χ1n) is 9.16. The molecule has 0 aromatic heterocycles. The molecule has 1 atom stereocenters. The zero-order valence-electron chi connectivity index (χ0n) is 15.0. The Balaban J connectivity index is 1.53. The molecule has 132 valence electrons. The number of amides is 1. The monoisotopic (exact) mass is 339 g/mol. The van der Waals surface area contributed by atoms with E-state index in [0.717, 1.165) is 25.7 Å². The lowest BCUT2D eigenvalue weighted by atomic mass is 9.74. The molecule has 0 unspecified atom stereocenters. The van der Waals surface area contributed by atoms with Gasteiger partial charge in [0.2, 0.25) is 5.91 Å². The van der Waals surface area contributed by atoms with Crippen molar-refractivity contribution < 1.29 is 9.18 Å². The summed E-state index contributed by atoms with van der Waals surface area (Å²) in [5.41, 5.74) is 3.38. The normalized spacial score (nSPS) is 21.6. The molecule has 25 heavy (non-hydrogen) atoms. The molecule has 2 nitrogen and oxygen atoms in total. The Kier molecular flexibility index (Phi) is 5.52. The van der Waals surface area contributed by atoms with E-state index in [9.17, 15) is 9.18 Å². The Morgan fingerprint density at radius 1 is 1.00 bits per heavy atom. The van der Waals surface area contributed by atoms with Crippen LogP contribution < -0.4 is 5.32 Å². The summed E-state index contributed by atoms with van der Waals surface area (Å²) in [6.45, 7) is 4.12. The molecule has 1 amide bonds. The minimum atomic E-state index is -0.291. The first-order valence-corrected chi connectivity index (χ1v) is 9.16. The maximum atomic E-state index is 13.0. The van der Waals surface area contributed by atoms with Gasteiger partial charge in [0.05, 0.1) is 0 Å². The average molecular weight is 339 g/mol. The highest BCUT2D eigenvalue weighted by Crippen LogP contribution is 2.39. The SMILES string of the molecule is Cc1ccc(C2CCC([C@@H](C)C(=O)Nc3ccc(F)cc3)CC2)cc1. The van der Waals surface area contributed by atoms with Crippen LogP contribution in [0.15, 0.2) is 48.5 Å². The summed E-state index contributed by atoms with van der Waals surface area (Å²) < 4.78 is 13.0. The third kappa shape index (κ3) is 4.47. The van der Waals surface area contributed by atoms with Gasteiger partial charge in [-0.15, -0.1) is 0 Å². The van der Waals surface area contributed by atoms with Gasteiger partial charge in [0.15, 0.2) is 0 Å². The van der Waals surface area contributed by atoms with Crippen molar-refractivity contribution in [3.8, 4) is 0 Å². The first kappa shape index (κ1) is 17.7. The molecule has 1 fully saturated rings. The van der Waals surface area contributed by atoms with E-state index in [0.29, 0.717) is 17.5 Å². The number of anilines is 1. The van der Waals surface area contributed by atoms with E-state index >= 15 is 0 Å². The van der Waals surface area contributed by atoms with Gasteiger partial charge in [-0.2, -0.15) is 0 Å². The fraction of sp³-hybridized carbons (Fsp3) is 0.409. The Morgan fingerprint density at radius 3 is 2.20 bits per heavy atom. The van der Waals surface area contributed by atoms with Gasteiger partial charge in [0.25, 0.3) is 0 Å². The number of carbonyl (C=O) groups is 1. The number of halogens is 1. The summed E-state index contributed by atoms with van der Waals surface area (Å²) in [6, 6.07) is 14.8. The lowest BCUT2D eigenvalue weighted by Gasteiger charge is -2.32. The van der Waals surface area contributed by atoms with Crippen LogP contribution in [0.4, 0.5) is 10.1 Å². The first-order chi connectivity index (χ1) is 12.0. The molecule has 1 aliphatic carbocycles. The van der Waals surface area contributed by atoms with Crippen molar-refractivity contribution in [2.75, 3.05) is 5.32 Å². The molecule has 0 spiro atoms. The van der Waals surface area contributed by atoms with Gasteiger partial charge < -0.3 is 5.32 Å². The van der Waals surface area contributed by atoms with Gasteiger partial charge in [-0.25, -0.2) is 4.39 Å². The number of nitrogens with one attached hydrogen (secondary N) is 1. The maximum Gasteiger partial charge on any atom is 0.227 e. The zero-order valence-corrected chi connectivity index (χ0v) is 15.0. The predicted molar refractivity (Wildman–Crippen MR) is 100 cm³/mol. The van der Waals surface area contributed by atoms with Crippen LogP contribution >= 0.6 is 0 Å². The quantitative estimate of drug-likeness (QED) is 0.762. The standard InChI is InChI=1S/C22H26FNO/c1-15-3-5-18(6-4-15)19-9-7-17(8-10-19)16(2)22(25)24-21-13-11-20(23)12-14-21/h3-6,11-14,16-17,19H,7-10H2,1-2H3,(H,24,25)/t16-,17?,19?/m1/s1. The molecule has 0 radical (unpaired) electrons. The van der Waals surface area contributed by atoms with Crippen LogP contribution in [0.5, 0.6) is 0 Å². The molecule has 2 aromatic carbocycles. The van der Waals surface area contributed by atoms with Crippen LogP contribution in [0.2, 0.25) is 0 Å². The molecule has 3 heteroatoms.